The fourth-order valence-corrected chi connectivity index (χ4v) is 2.65. The van der Waals surface area contributed by atoms with Gasteiger partial charge in [-0.3, -0.25) is 10.0 Å². The minimum absolute atomic E-state index is 0.402. The first-order chi connectivity index (χ1) is 9.38. The molecule has 4 heterocycles. The Morgan fingerprint density at radius 3 is 3.26 bits per heavy atom. The Kier molecular flexibility index (Phi) is 2.11. The van der Waals surface area contributed by atoms with E-state index in [2.05, 4.69) is 36.6 Å². The summed E-state index contributed by atoms with van der Waals surface area (Å²) in [5.41, 5.74) is 2.87. The fourth-order valence-electron chi connectivity index (χ4n) is 2.65. The van der Waals surface area contributed by atoms with Gasteiger partial charge in [0.2, 0.25) is 0 Å². The molecule has 0 saturated heterocycles. The Labute approximate surface area is 109 Å². The minimum atomic E-state index is 0.402. The number of pyridine rings is 1. The summed E-state index contributed by atoms with van der Waals surface area (Å²) < 4.78 is 2.08. The van der Waals surface area contributed by atoms with Crippen molar-refractivity contribution in [3.05, 3.63) is 24.8 Å². The van der Waals surface area contributed by atoms with Crippen LogP contribution in [0.2, 0.25) is 0 Å². The number of hydrogen-bond acceptors (Lipinski definition) is 4. The summed E-state index contributed by atoms with van der Waals surface area (Å²) in [6, 6.07) is 2.44. The number of aliphatic imine (C=N–C) groups is 1. The van der Waals surface area contributed by atoms with E-state index in [1.54, 1.807) is 6.20 Å². The second kappa shape index (κ2) is 3.81. The quantitative estimate of drug-likeness (QED) is 0.756. The van der Waals surface area contributed by atoms with Gasteiger partial charge in [-0.15, -0.1) is 0 Å². The van der Waals surface area contributed by atoms with Crippen molar-refractivity contribution in [1.82, 2.24) is 19.6 Å². The molecule has 0 aromatic carbocycles. The number of nitrogens with one attached hydrogen (secondary N) is 1. The zero-order valence-corrected chi connectivity index (χ0v) is 10.6. The van der Waals surface area contributed by atoms with Gasteiger partial charge in [0, 0.05) is 11.6 Å². The van der Waals surface area contributed by atoms with E-state index in [4.69, 9.17) is 0 Å². The molecule has 3 aromatic heterocycles. The molecule has 0 spiro atoms. The van der Waals surface area contributed by atoms with Crippen LogP contribution in [0.4, 0.5) is 0 Å². The van der Waals surface area contributed by atoms with Gasteiger partial charge in [0.1, 0.15) is 29.3 Å². The summed E-state index contributed by atoms with van der Waals surface area (Å²) in [6.07, 6.45) is 8.51. The van der Waals surface area contributed by atoms with Gasteiger partial charge < -0.3 is 4.98 Å². The molecule has 19 heavy (non-hydrogen) atoms. The zero-order valence-electron chi connectivity index (χ0n) is 10.6. The highest BCUT2D eigenvalue weighted by Gasteiger charge is 2.22. The average Bonchev–Trinajstić information content (AvgIpc) is 3.15. The molecule has 1 N–H and O–H groups in total. The van der Waals surface area contributed by atoms with Crippen LogP contribution in [0.5, 0.6) is 0 Å². The molecule has 0 radical (unpaired) electrons. The van der Waals surface area contributed by atoms with Crippen LogP contribution in [0, 0.1) is 0 Å². The summed E-state index contributed by atoms with van der Waals surface area (Å²) in [7, 11) is 0. The molecule has 0 amide bonds. The molecular weight excluding hydrogens is 240 g/mol. The molecule has 3 aromatic rings. The van der Waals surface area contributed by atoms with Gasteiger partial charge in [-0.1, -0.05) is 6.92 Å². The summed E-state index contributed by atoms with van der Waals surface area (Å²) >= 11 is 0. The number of aromatic amines is 1. The molecule has 6 heteroatoms. The van der Waals surface area contributed by atoms with Crippen LogP contribution < -0.4 is 5.01 Å². The van der Waals surface area contributed by atoms with E-state index in [1.807, 2.05) is 24.9 Å². The lowest BCUT2D eigenvalue weighted by Crippen LogP contribution is -2.39. The normalized spacial score (nSPS) is 19.0. The second-order valence-electron chi connectivity index (χ2n) is 4.74. The van der Waals surface area contributed by atoms with Gasteiger partial charge in [0.05, 0.1) is 18.8 Å². The molecule has 1 aliphatic heterocycles. The topological polar surface area (TPSA) is 62.1 Å². The van der Waals surface area contributed by atoms with Crippen molar-refractivity contribution in [3.8, 4) is 0 Å². The lowest BCUT2D eigenvalue weighted by atomic mass is 10.2. The third kappa shape index (κ3) is 1.39. The van der Waals surface area contributed by atoms with Crippen molar-refractivity contribution >= 4 is 28.4 Å². The van der Waals surface area contributed by atoms with E-state index in [-0.39, 0.29) is 0 Å². The molecule has 4 rings (SSSR count). The Bertz CT molecular complexity index is 768. The molecule has 0 unspecified atom stereocenters. The Balaban J connectivity index is 1.99. The minimum Gasteiger partial charge on any atom is -0.346 e. The van der Waals surface area contributed by atoms with Crippen LogP contribution in [0.1, 0.15) is 13.3 Å². The number of imidazole rings is 1. The number of nitrogens with zero attached hydrogens (tertiary/aromatic N) is 5. The van der Waals surface area contributed by atoms with Crippen LogP contribution in [0.25, 0.3) is 22.1 Å². The van der Waals surface area contributed by atoms with Crippen molar-refractivity contribution in [2.24, 2.45) is 4.99 Å². The van der Waals surface area contributed by atoms with E-state index in [0.717, 1.165) is 35.0 Å². The van der Waals surface area contributed by atoms with E-state index in [0.29, 0.717) is 6.04 Å². The maximum atomic E-state index is 4.44. The molecule has 96 valence electrons. The highest BCUT2D eigenvalue weighted by atomic mass is 15.6. The van der Waals surface area contributed by atoms with Crippen LogP contribution in [-0.4, -0.2) is 38.6 Å². The van der Waals surface area contributed by atoms with Gasteiger partial charge in [-0.2, -0.15) is 0 Å². The first-order valence-corrected chi connectivity index (χ1v) is 6.46. The molecule has 0 saturated carbocycles. The Morgan fingerprint density at radius 1 is 1.42 bits per heavy atom. The molecule has 6 nitrogen and oxygen atoms in total. The maximum absolute atomic E-state index is 4.44. The largest absolute Gasteiger partial charge is 0.346 e. The molecule has 1 aliphatic rings. The number of fused-ring (bicyclic) bond motifs is 3. The van der Waals surface area contributed by atoms with Crippen LogP contribution in [0.3, 0.4) is 0 Å². The highest BCUT2D eigenvalue weighted by Crippen LogP contribution is 2.23. The summed E-state index contributed by atoms with van der Waals surface area (Å²) in [6.45, 7) is 3.02. The van der Waals surface area contributed by atoms with Crippen LogP contribution in [-0.2, 0) is 0 Å². The first kappa shape index (κ1) is 10.5. The van der Waals surface area contributed by atoms with Crippen molar-refractivity contribution in [1.29, 1.82) is 0 Å². The number of aromatic nitrogens is 4. The third-order valence-electron chi connectivity index (χ3n) is 3.68. The van der Waals surface area contributed by atoms with Crippen molar-refractivity contribution < 1.29 is 0 Å². The van der Waals surface area contributed by atoms with Gasteiger partial charge in [0.25, 0.3) is 0 Å². The standard InChI is InChI=1S/C13H14N6/c1-2-9-5-14-7-18(9)19-8-17-11-6-16-13-10(12(11)19)3-4-15-13/h3-4,6-9H,2,5H2,1H3,(H,15,16)/t9-/m1/s1. The van der Waals surface area contributed by atoms with Gasteiger partial charge >= 0.3 is 0 Å². The van der Waals surface area contributed by atoms with E-state index < -0.39 is 0 Å². The summed E-state index contributed by atoms with van der Waals surface area (Å²) in [5, 5.41) is 3.24. The molecule has 0 fully saturated rings. The summed E-state index contributed by atoms with van der Waals surface area (Å²) in [4.78, 5) is 16.3. The van der Waals surface area contributed by atoms with Crippen molar-refractivity contribution in [2.45, 2.75) is 19.4 Å². The smallest absolute Gasteiger partial charge is 0.139 e. The second-order valence-corrected chi connectivity index (χ2v) is 4.74. The fraction of sp³-hybridized carbons (Fsp3) is 0.308. The molecule has 1 atom stereocenters. The highest BCUT2D eigenvalue weighted by molar-refractivity contribution is 6.01. The van der Waals surface area contributed by atoms with Gasteiger partial charge in [0.15, 0.2) is 0 Å². The van der Waals surface area contributed by atoms with Crippen LogP contribution in [0.15, 0.2) is 29.8 Å². The lowest BCUT2D eigenvalue weighted by Gasteiger charge is -2.24. The Hall–Kier alpha value is -2.37. The predicted octanol–water partition coefficient (Wildman–Crippen LogP) is 1.67. The maximum Gasteiger partial charge on any atom is 0.139 e. The van der Waals surface area contributed by atoms with Gasteiger partial charge in [-0.25, -0.2) is 14.6 Å². The van der Waals surface area contributed by atoms with Crippen LogP contribution >= 0.6 is 0 Å². The number of hydrogen-bond donors (Lipinski definition) is 1. The predicted molar refractivity (Wildman–Crippen MR) is 75.0 cm³/mol. The molecule has 0 bridgehead atoms. The lowest BCUT2D eigenvalue weighted by molar-refractivity contribution is 0.588. The van der Waals surface area contributed by atoms with E-state index >= 15 is 0 Å². The number of rotatable bonds is 2. The zero-order chi connectivity index (χ0) is 12.8. The third-order valence-corrected chi connectivity index (χ3v) is 3.68. The average molecular weight is 254 g/mol. The summed E-state index contributed by atoms with van der Waals surface area (Å²) in [5.74, 6) is 0. The first-order valence-electron chi connectivity index (χ1n) is 6.46. The molecule has 0 aliphatic carbocycles. The molecular formula is C13H14N6. The van der Waals surface area contributed by atoms with Crippen molar-refractivity contribution in [3.63, 3.8) is 0 Å². The SMILES string of the molecule is CC[C@@H]1CN=CN1n1cnc2cnc3[nH]ccc3c21. The van der Waals surface area contributed by atoms with E-state index in [9.17, 15) is 0 Å². The monoisotopic (exact) mass is 254 g/mol. The Morgan fingerprint density at radius 2 is 2.37 bits per heavy atom. The van der Waals surface area contributed by atoms with Gasteiger partial charge in [-0.05, 0) is 12.5 Å². The van der Waals surface area contributed by atoms with E-state index in [1.165, 1.54) is 0 Å². The van der Waals surface area contributed by atoms with Crippen molar-refractivity contribution in [2.75, 3.05) is 11.6 Å². The number of H-pyrrole nitrogens is 1.